The van der Waals surface area contributed by atoms with Crippen LogP contribution in [0.3, 0.4) is 0 Å². The molecule has 4 heterocycles. The Labute approximate surface area is 174 Å². The molecule has 5 rings (SSSR count). The number of H-pyrrole nitrogens is 1. The lowest BCUT2D eigenvalue weighted by molar-refractivity contribution is 0.0590. The summed E-state index contributed by atoms with van der Waals surface area (Å²) in [5.74, 6) is 0.773. The molecule has 0 unspecified atom stereocenters. The van der Waals surface area contributed by atoms with Crippen LogP contribution >= 0.6 is 0 Å². The third-order valence-corrected chi connectivity index (χ3v) is 6.64. The Hall–Kier alpha value is -2.74. The summed E-state index contributed by atoms with van der Waals surface area (Å²) in [6.45, 7) is 5.97. The van der Waals surface area contributed by atoms with Gasteiger partial charge in [0.05, 0.1) is 11.0 Å². The van der Waals surface area contributed by atoms with E-state index in [2.05, 4.69) is 20.1 Å². The number of hydrogen-bond acceptors (Lipinski definition) is 5. The van der Waals surface area contributed by atoms with Crippen molar-refractivity contribution >= 4 is 22.6 Å². The molecular weight excluding hydrogens is 380 g/mol. The Morgan fingerprint density at radius 1 is 1.10 bits per heavy atom. The molecule has 1 amide bonds. The molecule has 3 aromatic rings. The predicted octanol–water partition coefficient (Wildman–Crippen LogP) is 2.22. The van der Waals surface area contributed by atoms with Crippen molar-refractivity contribution in [3.8, 4) is 0 Å². The van der Waals surface area contributed by atoms with Crippen molar-refractivity contribution in [2.75, 3.05) is 26.2 Å². The first-order valence-electron chi connectivity index (χ1n) is 11.1. The molecule has 2 fully saturated rings. The number of piperidine rings is 2. The van der Waals surface area contributed by atoms with Crippen LogP contribution in [-0.4, -0.2) is 67.5 Å². The molecule has 0 radical (unpaired) electrons. The second kappa shape index (κ2) is 7.83. The SMILES string of the molecule is CCc1nnc2c(=O)[nH]c3cc(C(=O)N4CCC(N5CCCCC5)CC4)ccc3n12. The minimum atomic E-state index is -0.290. The van der Waals surface area contributed by atoms with Crippen molar-refractivity contribution in [2.45, 2.75) is 51.5 Å². The van der Waals surface area contributed by atoms with Crippen LogP contribution in [0.2, 0.25) is 0 Å². The third-order valence-electron chi connectivity index (χ3n) is 6.64. The molecule has 2 aromatic heterocycles. The highest BCUT2D eigenvalue weighted by atomic mass is 16.2. The number of aromatic amines is 1. The van der Waals surface area contributed by atoms with Crippen molar-refractivity contribution in [1.29, 1.82) is 0 Å². The maximum absolute atomic E-state index is 13.1. The highest BCUT2D eigenvalue weighted by Gasteiger charge is 2.28. The molecule has 1 aromatic carbocycles. The monoisotopic (exact) mass is 408 g/mol. The fourth-order valence-electron chi connectivity index (χ4n) is 4.99. The highest BCUT2D eigenvalue weighted by molar-refractivity contribution is 5.97. The molecule has 8 heteroatoms. The molecule has 0 atom stereocenters. The van der Waals surface area contributed by atoms with E-state index in [4.69, 9.17) is 0 Å². The average Bonchev–Trinajstić information content (AvgIpc) is 3.24. The topological polar surface area (TPSA) is 86.6 Å². The van der Waals surface area contributed by atoms with Crippen molar-refractivity contribution in [3.63, 3.8) is 0 Å². The number of nitrogens with zero attached hydrogens (tertiary/aromatic N) is 5. The molecule has 1 N–H and O–H groups in total. The molecule has 0 saturated carbocycles. The van der Waals surface area contributed by atoms with E-state index >= 15 is 0 Å². The Morgan fingerprint density at radius 3 is 2.60 bits per heavy atom. The summed E-state index contributed by atoms with van der Waals surface area (Å²) in [7, 11) is 0. The number of amides is 1. The smallest absolute Gasteiger partial charge is 0.294 e. The van der Waals surface area contributed by atoms with Crippen molar-refractivity contribution < 1.29 is 4.79 Å². The second-order valence-electron chi connectivity index (χ2n) is 8.43. The maximum Gasteiger partial charge on any atom is 0.294 e. The van der Waals surface area contributed by atoms with Gasteiger partial charge in [0.1, 0.15) is 5.82 Å². The van der Waals surface area contributed by atoms with Gasteiger partial charge in [-0.25, -0.2) is 0 Å². The first-order valence-corrected chi connectivity index (χ1v) is 11.1. The molecule has 2 aliphatic rings. The zero-order valence-electron chi connectivity index (χ0n) is 17.4. The van der Waals surface area contributed by atoms with Gasteiger partial charge in [-0.3, -0.25) is 14.0 Å². The van der Waals surface area contributed by atoms with E-state index in [1.807, 2.05) is 24.0 Å². The van der Waals surface area contributed by atoms with Gasteiger partial charge in [-0.15, -0.1) is 10.2 Å². The molecular formula is C22H28N6O2. The van der Waals surface area contributed by atoms with Crippen LogP contribution in [0.1, 0.15) is 55.2 Å². The van der Waals surface area contributed by atoms with Gasteiger partial charge in [-0.2, -0.15) is 0 Å². The Balaban J connectivity index is 1.38. The molecule has 30 heavy (non-hydrogen) atoms. The molecule has 158 valence electrons. The van der Waals surface area contributed by atoms with Crippen molar-refractivity contribution in [3.05, 3.63) is 39.9 Å². The van der Waals surface area contributed by atoms with Gasteiger partial charge in [0.2, 0.25) is 5.65 Å². The lowest BCUT2D eigenvalue weighted by atomic mass is 9.99. The van der Waals surface area contributed by atoms with E-state index in [0.29, 0.717) is 29.2 Å². The fraction of sp³-hybridized carbons (Fsp3) is 0.545. The second-order valence-corrected chi connectivity index (χ2v) is 8.43. The first-order chi connectivity index (χ1) is 14.7. The molecule has 2 saturated heterocycles. The van der Waals surface area contributed by atoms with Crippen LogP contribution in [0.5, 0.6) is 0 Å². The summed E-state index contributed by atoms with van der Waals surface area (Å²) >= 11 is 0. The van der Waals surface area contributed by atoms with Gasteiger partial charge in [-0.05, 0) is 57.0 Å². The van der Waals surface area contributed by atoms with E-state index in [9.17, 15) is 9.59 Å². The van der Waals surface area contributed by atoms with Gasteiger partial charge in [0.15, 0.2) is 0 Å². The van der Waals surface area contributed by atoms with E-state index < -0.39 is 0 Å². The molecule has 8 nitrogen and oxygen atoms in total. The lowest BCUT2D eigenvalue weighted by Crippen LogP contribution is -2.48. The van der Waals surface area contributed by atoms with Crippen LogP contribution < -0.4 is 5.56 Å². The summed E-state index contributed by atoms with van der Waals surface area (Å²) < 4.78 is 1.78. The highest BCUT2D eigenvalue weighted by Crippen LogP contribution is 2.23. The number of aryl methyl sites for hydroxylation is 1. The summed E-state index contributed by atoms with van der Waals surface area (Å²) in [6.07, 6.45) is 6.70. The minimum absolute atomic E-state index is 0.0365. The van der Waals surface area contributed by atoms with Gasteiger partial charge < -0.3 is 14.8 Å². The van der Waals surface area contributed by atoms with E-state index in [1.165, 1.54) is 32.4 Å². The molecule has 0 spiro atoms. The van der Waals surface area contributed by atoms with E-state index in [1.54, 1.807) is 10.5 Å². The quantitative estimate of drug-likeness (QED) is 0.718. The number of rotatable bonds is 3. The largest absolute Gasteiger partial charge is 0.339 e. The Bertz CT molecular complexity index is 1140. The summed E-state index contributed by atoms with van der Waals surface area (Å²) in [4.78, 5) is 33.0. The van der Waals surface area contributed by atoms with Gasteiger partial charge in [-0.1, -0.05) is 13.3 Å². The number of benzene rings is 1. The van der Waals surface area contributed by atoms with Crippen molar-refractivity contribution in [2.24, 2.45) is 0 Å². The Kier molecular flexibility index (Phi) is 5.02. The average molecular weight is 409 g/mol. The molecule has 2 aliphatic heterocycles. The van der Waals surface area contributed by atoms with Crippen LogP contribution in [0, 0.1) is 0 Å². The van der Waals surface area contributed by atoms with Gasteiger partial charge >= 0.3 is 0 Å². The maximum atomic E-state index is 13.1. The number of hydrogen-bond donors (Lipinski definition) is 1. The zero-order chi connectivity index (χ0) is 20.7. The number of carbonyl (C=O) groups excluding carboxylic acids is 1. The first kappa shape index (κ1) is 19.2. The zero-order valence-corrected chi connectivity index (χ0v) is 17.4. The lowest BCUT2D eigenvalue weighted by Gasteiger charge is -2.40. The number of aromatic nitrogens is 4. The van der Waals surface area contributed by atoms with Gasteiger partial charge in [0, 0.05) is 31.1 Å². The van der Waals surface area contributed by atoms with E-state index in [-0.39, 0.29) is 11.5 Å². The van der Waals surface area contributed by atoms with Gasteiger partial charge in [0.25, 0.3) is 11.5 Å². The normalized spacial score (nSPS) is 19.0. The number of likely N-dealkylation sites (tertiary alicyclic amines) is 2. The van der Waals surface area contributed by atoms with E-state index in [0.717, 1.165) is 37.3 Å². The van der Waals surface area contributed by atoms with Crippen LogP contribution in [0.4, 0.5) is 0 Å². The number of carbonyl (C=O) groups is 1. The standard InChI is InChI=1S/C22H28N6O2/c1-2-19-24-25-20-21(29)23-17-14-15(6-7-18(17)28(19)20)22(30)27-12-8-16(9-13-27)26-10-4-3-5-11-26/h6-7,14,16H,2-5,8-13H2,1H3,(H,23,29). The number of fused-ring (bicyclic) bond motifs is 3. The molecule has 0 aliphatic carbocycles. The third kappa shape index (κ3) is 3.29. The minimum Gasteiger partial charge on any atom is -0.339 e. The summed E-state index contributed by atoms with van der Waals surface area (Å²) in [5, 5.41) is 8.12. The summed E-state index contributed by atoms with van der Waals surface area (Å²) in [6, 6.07) is 6.12. The number of nitrogens with one attached hydrogen (secondary N) is 1. The van der Waals surface area contributed by atoms with Crippen LogP contribution in [-0.2, 0) is 6.42 Å². The Morgan fingerprint density at radius 2 is 1.87 bits per heavy atom. The summed E-state index contributed by atoms with van der Waals surface area (Å²) in [5.41, 5.74) is 2.06. The fourth-order valence-corrected chi connectivity index (χ4v) is 4.99. The van der Waals surface area contributed by atoms with Crippen LogP contribution in [0.15, 0.2) is 23.0 Å². The van der Waals surface area contributed by atoms with Crippen LogP contribution in [0.25, 0.3) is 16.7 Å². The molecule has 0 bridgehead atoms. The predicted molar refractivity (Wildman–Crippen MR) is 115 cm³/mol. The van der Waals surface area contributed by atoms with Crippen molar-refractivity contribution in [1.82, 2.24) is 29.4 Å².